The van der Waals surface area contributed by atoms with Gasteiger partial charge in [0.15, 0.2) is 0 Å². The number of benzene rings is 1. The van der Waals surface area contributed by atoms with Crippen molar-refractivity contribution in [1.29, 1.82) is 0 Å². The fraction of sp³-hybridized carbons (Fsp3) is 0.600. The number of para-hydroxylation sites is 1. The van der Waals surface area contributed by atoms with Crippen LogP contribution in [0.2, 0.25) is 0 Å². The number of nitrogens with zero attached hydrogens (tertiary/aromatic N) is 1. The number of rotatable bonds is 4. The molecule has 2 nitrogen and oxygen atoms in total. The third kappa shape index (κ3) is 2.81. The smallest absolute Gasteiger partial charge is 0.0478 e. The van der Waals surface area contributed by atoms with Gasteiger partial charge in [0.05, 0.1) is 0 Å². The highest BCUT2D eigenvalue weighted by Gasteiger charge is 2.21. The summed E-state index contributed by atoms with van der Waals surface area (Å²) in [6.07, 6.45) is 2.42. The predicted molar refractivity (Wildman–Crippen MR) is 72.4 cm³/mol. The first-order valence-corrected chi connectivity index (χ1v) is 6.66. The molecule has 1 heterocycles. The lowest BCUT2D eigenvalue weighted by Gasteiger charge is -2.35. The topological polar surface area (TPSA) is 23.5 Å². The molecule has 2 heteroatoms. The zero-order valence-electron chi connectivity index (χ0n) is 10.9. The highest BCUT2D eigenvalue weighted by molar-refractivity contribution is 5.55. The molecule has 0 spiro atoms. The predicted octanol–water partition coefficient (Wildman–Crippen LogP) is 2.70. The van der Waals surface area contributed by atoms with E-state index in [0.29, 0.717) is 11.8 Å². The van der Waals surface area contributed by atoms with Crippen LogP contribution in [0, 0.1) is 11.8 Å². The monoisotopic (exact) mass is 233 g/mol. The number of anilines is 1. The number of aryl methyl sites for hydroxylation is 1. The summed E-state index contributed by atoms with van der Waals surface area (Å²) in [5.74, 6) is 0.912. The second-order valence-corrected chi connectivity index (χ2v) is 5.36. The minimum Gasteiger partial charge on any atom is -0.396 e. The summed E-state index contributed by atoms with van der Waals surface area (Å²) >= 11 is 0. The molecule has 0 saturated carbocycles. The lowest BCUT2D eigenvalue weighted by atomic mass is 9.94. The van der Waals surface area contributed by atoms with Gasteiger partial charge in [-0.1, -0.05) is 32.0 Å². The molecule has 1 unspecified atom stereocenters. The molecule has 0 bridgehead atoms. The minimum atomic E-state index is 0.288. The maximum absolute atomic E-state index is 9.45. The van der Waals surface area contributed by atoms with Crippen LogP contribution in [0.1, 0.15) is 25.8 Å². The summed E-state index contributed by atoms with van der Waals surface area (Å²) in [5.41, 5.74) is 2.83. The lowest BCUT2D eigenvalue weighted by Crippen LogP contribution is -2.36. The van der Waals surface area contributed by atoms with Gasteiger partial charge >= 0.3 is 0 Å². The van der Waals surface area contributed by atoms with Crippen molar-refractivity contribution in [2.75, 3.05) is 24.6 Å². The Hall–Kier alpha value is -1.02. The van der Waals surface area contributed by atoms with Gasteiger partial charge in [0, 0.05) is 31.3 Å². The number of aliphatic hydroxyl groups is 1. The standard InChI is InChI=1S/C15H23NO/c1-12(2)14(11-17)10-16-9-5-7-13-6-3-4-8-15(13)16/h3-4,6,8,12,14,17H,5,7,9-11H2,1-2H3. The van der Waals surface area contributed by atoms with Gasteiger partial charge < -0.3 is 10.0 Å². The van der Waals surface area contributed by atoms with Crippen LogP contribution >= 0.6 is 0 Å². The van der Waals surface area contributed by atoms with E-state index in [1.54, 1.807) is 0 Å². The first kappa shape index (κ1) is 12.4. The summed E-state index contributed by atoms with van der Waals surface area (Å²) in [6.45, 7) is 6.77. The van der Waals surface area contributed by atoms with Crippen molar-refractivity contribution in [3.05, 3.63) is 29.8 Å². The maximum Gasteiger partial charge on any atom is 0.0478 e. The first-order chi connectivity index (χ1) is 8.22. The summed E-state index contributed by atoms with van der Waals surface area (Å²) in [4.78, 5) is 2.44. The van der Waals surface area contributed by atoms with Crippen LogP contribution in [0.15, 0.2) is 24.3 Å². The maximum atomic E-state index is 9.45. The van der Waals surface area contributed by atoms with Crippen LogP contribution in [-0.4, -0.2) is 24.8 Å². The van der Waals surface area contributed by atoms with Crippen molar-refractivity contribution in [2.45, 2.75) is 26.7 Å². The molecule has 1 aromatic carbocycles. The molecular formula is C15H23NO. The Labute approximate surface area is 104 Å². The van der Waals surface area contributed by atoms with E-state index in [-0.39, 0.29) is 6.61 Å². The summed E-state index contributed by atoms with van der Waals surface area (Å²) < 4.78 is 0. The van der Waals surface area contributed by atoms with Gasteiger partial charge in [0.1, 0.15) is 0 Å². The quantitative estimate of drug-likeness (QED) is 0.864. The van der Waals surface area contributed by atoms with Gasteiger partial charge in [0.25, 0.3) is 0 Å². The van der Waals surface area contributed by atoms with E-state index in [0.717, 1.165) is 13.1 Å². The molecule has 1 aliphatic heterocycles. The van der Waals surface area contributed by atoms with Gasteiger partial charge in [-0.2, -0.15) is 0 Å². The first-order valence-electron chi connectivity index (χ1n) is 6.66. The van der Waals surface area contributed by atoms with E-state index in [4.69, 9.17) is 0 Å². The van der Waals surface area contributed by atoms with Crippen LogP contribution in [0.5, 0.6) is 0 Å². The molecule has 0 aromatic heterocycles. The molecule has 2 rings (SSSR count). The van der Waals surface area contributed by atoms with Gasteiger partial charge in [-0.15, -0.1) is 0 Å². The minimum absolute atomic E-state index is 0.288. The fourth-order valence-corrected chi connectivity index (χ4v) is 2.56. The van der Waals surface area contributed by atoms with Crippen molar-refractivity contribution < 1.29 is 5.11 Å². The molecule has 0 aliphatic carbocycles. The van der Waals surface area contributed by atoms with E-state index < -0.39 is 0 Å². The Morgan fingerprint density at radius 3 is 2.76 bits per heavy atom. The SMILES string of the molecule is CC(C)C(CO)CN1CCCc2ccccc21. The molecule has 17 heavy (non-hydrogen) atoms. The highest BCUT2D eigenvalue weighted by atomic mass is 16.3. The molecule has 1 N–H and O–H groups in total. The molecule has 94 valence electrons. The second kappa shape index (κ2) is 5.54. The Morgan fingerprint density at radius 1 is 1.29 bits per heavy atom. The molecule has 1 aromatic rings. The van der Waals surface area contributed by atoms with Crippen LogP contribution in [0.4, 0.5) is 5.69 Å². The van der Waals surface area contributed by atoms with E-state index in [9.17, 15) is 5.11 Å². The molecule has 1 atom stereocenters. The highest BCUT2D eigenvalue weighted by Crippen LogP contribution is 2.28. The second-order valence-electron chi connectivity index (χ2n) is 5.36. The van der Waals surface area contributed by atoms with Crippen molar-refractivity contribution in [3.8, 4) is 0 Å². The summed E-state index contributed by atoms with van der Waals surface area (Å²) in [7, 11) is 0. The molecule has 0 fully saturated rings. The zero-order chi connectivity index (χ0) is 12.3. The van der Waals surface area contributed by atoms with Crippen molar-refractivity contribution in [1.82, 2.24) is 0 Å². The number of fused-ring (bicyclic) bond motifs is 1. The Kier molecular flexibility index (Phi) is 4.06. The van der Waals surface area contributed by atoms with E-state index in [1.165, 1.54) is 24.1 Å². The fourth-order valence-electron chi connectivity index (χ4n) is 2.56. The van der Waals surface area contributed by atoms with Crippen LogP contribution in [-0.2, 0) is 6.42 Å². The van der Waals surface area contributed by atoms with Crippen molar-refractivity contribution in [3.63, 3.8) is 0 Å². The normalized spacial score (nSPS) is 17.1. The van der Waals surface area contributed by atoms with Gasteiger partial charge in [-0.25, -0.2) is 0 Å². The Bertz CT molecular complexity index is 362. The van der Waals surface area contributed by atoms with Crippen LogP contribution < -0.4 is 4.90 Å². The van der Waals surface area contributed by atoms with Crippen LogP contribution in [0.25, 0.3) is 0 Å². The molecule has 0 amide bonds. The van der Waals surface area contributed by atoms with E-state index in [2.05, 4.69) is 43.0 Å². The average molecular weight is 233 g/mol. The summed E-state index contributed by atoms with van der Waals surface area (Å²) in [5, 5.41) is 9.45. The van der Waals surface area contributed by atoms with E-state index in [1.807, 2.05) is 0 Å². The number of hydrogen-bond acceptors (Lipinski definition) is 2. The average Bonchev–Trinajstić information content (AvgIpc) is 2.35. The molecule has 0 saturated heterocycles. The van der Waals surface area contributed by atoms with Gasteiger partial charge in [-0.3, -0.25) is 0 Å². The molecular weight excluding hydrogens is 210 g/mol. The van der Waals surface area contributed by atoms with Gasteiger partial charge in [0.2, 0.25) is 0 Å². The van der Waals surface area contributed by atoms with Crippen LogP contribution in [0.3, 0.4) is 0 Å². The van der Waals surface area contributed by atoms with Crippen molar-refractivity contribution >= 4 is 5.69 Å². The Balaban J connectivity index is 2.13. The number of hydrogen-bond donors (Lipinski definition) is 1. The van der Waals surface area contributed by atoms with Gasteiger partial charge in [-0.05, 0) is 30.4 Å². The Morgan fingerprint density at radius 2 is 2.06 bits per heavy atom. The zero-order valence-corrected chi connectivity index (χ0v) is 10.9. The largest absolute Gasteiger partial charge is 0.396 e. The number of aliphatic hydroxyl groups excluding tert-OH is 1. The molecule has 1 aliphatic rings. The molecule has 0 radical (unpaired) electrons. The summed E-state index contributed by atoms with van der Waals surface area (Å²) in [6, 6.07) is 8.67. The van der Waals surface area contributed by atoms with Crippen molar-refractivity contribution in [2.24, 2.45) is 11.8 Å². The van der Waals surface area contributed by atoms with E-state index >= 15 is 0 Å². The lowest BCUT2D eigenvalue weighted by molar-refractivity contribution is 0.192. The third-order valence-corrected chi connectivity index (χ3v) is 3.84. The third-order valence-electron chi connectivity index (χ3n) is 3.84.